The Labute approximate surface area is 76.6 Å². The van der Waals surface area contributed by atoms with E-state index in [4.69, 9.17) is 5.73 Å². The molecule has 0 fully saturated rings. The molecule has 1 rings (SSSR count). The first-order valence-corrected chi connectivity index (χ1v) is 4.22. The van der Waals surface area contributed by atoms with Crippen molar-refractivity contribution < 1.29 is 8.78 Å². The van der Waals surface area contributed by atoms with E-state index in [1.54, 1.807) is 6.07 Å². The number of halogens is 2. The van der Waals surface area contributed by atoms with E-state index in [1.165, 1.54) is 12.1 Å². The molecular weight excluding hydrogens is 172 g/mol. The van der Waals surface area contributed by atoms with E-state index in [-0.39, 0.29) is 18.8 Å². The smallest absolute Gasteiger partial charge is 0.123 e. The molecule has 0 heterocycles. The van der Waals surface area contributed by atoms with Gasteiger partial charge in [-0.15, -0.1) is 0 Å². The van der Waals surface area contributed by atoms with Crippen LogP contribution in [0.1, 0.15) is 11.1 Å². The summed E-state index contributed by atoms with van der Waals surface area (Å²) in [4.78, 5) is 0. The van der Waals surface area contributed by atoms with E-state index in [0.717, 1.165) is 5.56 Å². The maximum atomic E-state index is 12.9. The highest BCUT2D eigenvalue weighted by Crippen LogP contribution is 2.13. The molecule has 1 aromatic rings. The number of benzene rings is 1. The first-order valence-electron chi connectivity index (χ1n) is 4.22. The lowest BCUT2D eigenvalue weighted by Crippen LogP contribution is -2.18. The van der Waals surface area contributed by atoms with Crippen molar-refractivity contribution in [2.75, 3.05) is 6.54 Å². The van der Waals surface area contributed by atoms with Gasteiger partial charge in [-0.3, -0.25) is 0 Å². The van der Waals surface area contributed by atoms with Crippen LogP contribution in [0.2, 0.25) is 0 Å². The molecule has 0 amide bonds. The van der Waals surface area contributed by atoms with Gasteiger partial charge in [0.05, 0.1) is 0 Å². The molecule has 0 aliphatic heterocycles. The van der Waals surface area contributed by atoms with Crippen LogP contribution in [0.15, 0.2) is 18.2 Å². The number of hydrogen-bond acceptors (Lipinski definition) is 1. The number of aryl methyl sites for hydroxylation is 1. The van der Waals surface area contributed by atoms with Gasteiger partial charge in [-0.05, 0) is 30.2 Å². The highest BCUT2D eigenvalue weighted by atomic mass is 19.1. The van der Waals surface area contributed by atoms with E-state index in [9.17, 15) is 8.78 Å². The van der Waals surface area contributed by atoms with Crippen molar-refractivity contribution in [3.8, 4) is 0 Å². The van der Waals surface area contributed by atoms with E-state index in [1.807, 2.05) is 6.92 Å². The molecule has 1 nitrogen and oxygen atoms in total. The van der Waals surface area contributed by atoms with Gasteiger partial charge in [0.1, 0.15) is 12.0 Å². The summed E-state index contributed by atoms with van der Waals surface area (Å²) in [5, 5.41) is 0. The third-order valence-electron chi connectivity index (χ3n) is 2.01. The molecule has 72 valence electrons. The Morgan fingerprint density at radius 3 is 2.77 bits per heavy atom. The molecule has 0 spiro atoms. The van der Waals surface area contributed by atoms with Crippen LogP contribution in [0.3, 0.4) is 0 Å². The lowest BCUT2D eigenvalue weighted by molar-refractivity contribution is 0.339. The molecule has 0 aromatic heterocycles. The average molecular weight is 185 g/mol. The van der Waals surface area contributed by atoms with Crippen molar-refractivity contribution in [3.63, 3.8) is 0 Å². The van der Waals surface area contributed by atoms with Crippen molar-refractivity contribution >= 4 is 0 Å². The summed E-state index contributed by atoms with van der Waals surface area (Å²) in [6.07, 6.45) is -0.888. The van der Waals surface area contributed by atoms with Gasteiger partial charge >= 0.3 is 0 Å². The van der Waals surface area contributed by atoms with Crippen LogP contribution in [0.5, 0.6) is 0 Å². The number of nitrogens with two attached hydrogens (primary N) is 1. The molecule has 1 unspecified atom stereocenters. The van der Waals surface area contributed by atoms with Gasteiger partial charge in [0.15, 0.2) is 0 Å². The van der Waals surface area contributed by atoms with Crippen LogP contribution in [-0.2, 0) is 6.42 Å². The third-order valence-corrected chi connectivity index (χ3v) is 2.01. The largest absolute Gasteiger partial charge is 0.328 e. The standard InChI is InChI=1S/C10H13F2N/c1-7-2-3-9(11)4-8(7)5-10(12)6-13/h2-4,10H,5-6,13H2,1H3. The molecule has 13 heavy (non-hydrogen) atoms. The first-order chi connectivity index (χ1) is 6.13. The summed E-state index contributed by atoms with van der Waals surface area (Å²) < 4.78 is 25.6. The SMILES string of the molecule is Cc1ccc(F)cc1CC(F)CN. The number of alkyl halides is 1. The fourth-order valence-corrected chi connectivity index (χ4v) is 1.18. The van der Waals surface area contributed by atoms with Gasteiger partial charge in [0, 0.05) is 13.0 Å². The van der Waals surface area contributed by atoms with Crippen LogP contribution in [0, 0.1) is 12.7 Å². The maximum absolute atomic E-state index is 12.9. The minimum absolute atomic E-state index is 0.0179. The Morgan fingerprint density at radius 1 is 1.46 bits per heavy atom. The molecular formula is C10H13F2N. The van der Waals surface area contributed by atoms with Gasteiger partial charge in [-0.2, -0.15) is 0 Å². The average Bonchev–Trinajstić information content (AvgIpc) is 2.11. The zero-order valence-electron chi connectivity index (χ0n) is 7.56. The molecule has 0 radical (unpaired) electrons. The van der Waals surface area contributed by atoms with Crippen molar-refractivity contribution in [1.82, 2.24) is 0 Å². The zero-order valence-corrected chi connectivity index (χ0v) is 7.56. The molecule has 0 aliphatic carbocycles. The molecule has 0 saturated heterocycles. The van der Waals surface area contributed by atoms with Crippen LogP contribution >= 0.6 is 0 Å². The van der Waals surface area contributed by atoms with Gasteiger partial charge in [0.25, 0.3) is 0 Å². The number of rotatable bonds is 3. The van der Waals surface area contributed by atoms with Gasteiger partial charge in [-0.1, -0.05) is 6.07 Å². The lowest BCUT2D eigenvalue weighted by Gasteiger charge is -2.08. The molecule has 0 aliphatic rings. The minimum Gasteiger partial charge on any atom is -0.328 e. The normalized spacial score (nSPS) is 12.9. The monoisotopic (exact) mass is 185 g/mol. The fourth-order valence-electron chi connectivity index (χ4n) is 1.18. The molecule has 3 heteroatoms. The van der Waals surface area contributed by atoms with Gasteiger partial charge < -0.3 is 5.73 Å². The van der Waals surface area contributed by atoms with Crippen LogP contribution < -0.4 is 5.73 Å². The van der Waals surface area contributed by atoms with Crippen molar-refractivity contribution in [2.24, 2.45) is 5.73 Å². The van der Waals surface area contributed by atoms with E-state index >= 15 is 0 Å². The fraction of sp³-hybridized carbons (Fsp3) is 0.400. The van der Waals surface area contributed by atoms with Gasteiger partial charge in [0.2, 0.25) is 0 Å². The van der Waals surface area contributed by atoms with Crippen LogP contribution in [-0.4, -0.2) is 12.7 Å². The third kappa shape index (κ3) is 2.77. The van der Waals surface area contributed by atoms with E-state index in [2.05, 4.69) is 0 Å². The second-order valence-electron chi connectivity index (χ2n) is 3.11. The summed E-state index contributed by atoms with van der Waals surface area (Å²) >= 11 is 0. The summed E-state index contributed by atoms with van der Waals surface area (Å²) in [7, 11) is 0. The van der Waals surface area contributed by atoms with Crippen molar-refractivity contribution in [2.45, 2.75) is 19.5 Å². The summed E-state index contributed by atoms with van der Waals surface area (Å²) in [6, 6.07) is 4.37. The van der Waals surface area contributed by atoms with Crippen molar-refractivity contribution in [1.29, 1.82) is 0 Å². The zero-order chi connectivity index (χ0) is 9.84. The summed E-state index contributed by atoms with van der Waals surface area (Å²) in [5.41, 5.74) is 6.73. The summed E-state index contributed by atoms with van der Waals surface area (Å²) in [5.74, 6) is -0.329. The quantitative estimate of drug-likeness (QED) is 0.765. The highest BCUT2D eigenvalue weighted by Gasteiger charge is 2.07. The van der Waals surface area contributed by atoms with Crippen LogP contribution in [0.25, 0.3) is 0 Å². The summed E-state index contributed by atoms with van der Waals surface area (Å²) in [6.45, 7) is 1.81. The Bertz CT molecular complexity index is 286. The maximum Gasteiger partial charge on any atom is 0.123 e. The predicted molar refractivity (Wildman–Crippen MR) is 48.8 cm³/mol. The second-order valence-corrected chi connectivity index (χ2v) is 3.11. The molecule has 1 aromatic carbocycles. The van der Waals surface area contributed by atoms with Crippen LogP contribution in [0.4, 0.5) is 8.78 Å². The molecule has 0 saturated carbocycles. The van der Waals surface area contributed by atoms with Crippen molar-refractivity contribution in [3.05, 3.63) is 35.1 Å². The van der Waals surface area contributed by atoms with Gasteiger partial charge in [-0.25, -0.2) is 8.78 Å². The predicted octanol–water partition coefficient (Wildman–Crippen LogP) is 1.97. The number of hydrogen-bond donors (Lipinski definition) is 1. The Hall–Kier alpha value is -0.960. The topological polar surface area (TPSA) is 26.0 Å². The Kier molecular flexibility index (Phi) is 3.37. The minimum atomic E-state index is -1.08. The molecule has 0 bridgehead atoms. The first kappa shape index (κ1) is 10.1. The molecule has 1 atom stereocenters. The molecule has 2 N–H and O–H groups in total. The highest BCUT2D eigenvalue weighted by molar-refractivity contribution is 5.27. The second kappa shape index (κ2) is 4.33. The Balaban J connectivity index is 2.81. The lowest BCUT2D eigenvalue weighted by atomic mass is 10.0. The van der Waals surface area contributed by atoms with E-state index in [0.29, 0.717) is 5.56 Å². The Morgan fingerprint density at radius 2 is 2.15 bits per heavy atom. The van der Waals surface area contributed by atoms with E-state index < -0.39 is 6.17 Å².